The van der Waals surface area contributed by atoms with Crippen LogP contribution in [0.2, 0.25) is 0 Å². The second-order valence-corrected chi connectivity index (χ2v) is 6.17. The van der Waals surface area contributed by atoms with Crippen LogP contribution in [0.1, 0.15) is 30.0 Å². The zero-order chi connectivity index (χ0) is 12.7. The standard InChI is InChI=1S/C14H18BrN3/c1-9-2-5-11(6-12(9)15)13-7-17-14(16)18(13)8-10-3-4-10/h2,5-6,10,13H,3-4,7-8H2,1H3,(H2,16,17). The van der Waals surface area contributed by atoms with Gasteiger partial charge in [-0.2, -0.15) is 0 Å². The van der Waals surface area contributed by atoms with Gasteiger partial charge in [0, 0.05) is 11.0 Å². The molecule has 3 nitrogen and oxygen atoms in total. The minimum atomic E-state index is 0.322. The Morgan fingerprint density at radius 1 is 1.44 bits per heavy atom. The molecule has 1 unspecified atom stereocenters. The Hall–Kier alpha value is -1.03. The third kappa shape index (κ3) is 2.26. The number of aliphatic imine (C=N–C) groups is 1. The van der Waals surface area contributed by atoms with Crippen molar-refractivity contribution in [3.8, 4) is 0 Å². The van der Waals surface area contributed by atoms with Crippen LogP contribution in [0.4, 0.5) is 0 Å². The fourth-order valence-electron chi connectivity index (χ4n) is 2.43. The van der Waals surface area contributed by atoms with Gasteiger partial charge in [0.1, 0.15) is 0 Å². The summed E-state index contributed by atoms with van der Waals surface area (Å²) in [6.45, 7) is 3.95. The third-order valence-corrected chi connectivity index (χ3v) is 4.68. The van der Waals surface area contributed by atoms with Gasteiger partial charge in [0.25, 0.3) is 0 Å². The first kappa shape index (κ1) is 12.0. The lowest BCUT2D eigenvalue weighted by atomic mass is 10.0. The van der Waals surface area contributed by atoms with Gasteiger partial charge >= 0.3 is 0 Å². The molecule has 0 spiro atoms. The Balaban J connectivity index is 1.83. The molecule has 1 atom stereocenters. The van der Waals surface area contributed by atoms with E-state index in [1.54, 1.807) is 0 Å². The van der Waals surface area contributed by atoms with E-state index < -0.39 is 0 Å². The Morgan fingerprint density at radius 2 is 2.22 bits per heavy atom. The van der Waals surface area contributed by atoms with Gasteiger partial charge in [0.15, 0.2) is 5.96 Å². The molecule has 1 heterocycles. The molecule has 0 saturated heterocycles. The molecule has 1 aliphatic carbocycles. The number of benzene rings is 1. The number of hydrogen-bond donors (Lipinski definition) is 1. The maximum Gasteiger partial charge on any atom is 0.191 e. The van der Waals surface area contributed by atoms with E-state index in [0.29, 0.717) is 12.0 Å². The van der Waals surface area contributed by atoms with E-state index in [9.17, 15) is 0 Å². The van der Waals surface area contributed by atoms with Gasteiger partial charge in [0.05, 0.1) is 12.6 Å². The molecular weight excluding hydrogens is 290 g/mol. The molecule has 0 aromatic heterocycles. The molecule has 1 saturated carbocycles. The molecular formula is C14H18BrN3. The summed E-state index contributed by atoms with van der Waals surface area (Å²) in [5, 5.41) is 0. The van der Waals surface area contributed by atoms with E-state index in [1.165, 1.54) is 24.0 Å². The first-order chi connectivity index (χ1) is 8.65. The zero-order valence-corrected chi connectivity index (χ0v) is 12.2. The second-order valence-electron chi connectivity index (χ2n) is 5.32. The van der Waals surface area contributed by atoms with Crippen LogP contribution in [-0.2, 0) is 0 Å². The summed E-state index contributed by atoms with van der Waals surface area (Å²) in [7, 11) is 0. The van der Waals surface area contributed by atoms with Crippen LogP contribution in [0.25, 0.3) is 0 Å². The van der Waals surface area contributed by atoms with E-state index in [4.69, 9.17) is 5.73 Å². The van der Waals surface area contributed by atoms with Crippen LogP contribution in [0.5, 0.6) is 0 Å². The molecule has 3 rings (SSSR count). The van der Waals surface area contributed by atoms with Gasteiger partial charge in [-0.1, -0.05) is 28.1 Å². The molecule has 96 valence electrons. The largest absolute Gasteiger partial charge is 0.370 e. The lowest BCUT2D eigenvalue weighted by molar-refractivity contribution is 0.333. The van der Waals surface area contributed by atoms with Crippen LogP contribution in [0.3, 0.4) is 0 Å². The van der Waals surface area contributed by atoms with Crippen molar-refractivity contribution in [3.05, 3.63) is 33.8 Å². The normalized spacial score (nSPS) is 23.3. The number of rotatable bonds is 3. The minimum Gasteiger partial charge on any atom is -0.370 e. The van der Waals surface area contributed by atoms with Crippen molar-refractivity contribution in [1.29, 1.82) is 0 Å². The van der Waals surface area contributed by atoms with Crippen LogP contribution in [-0.4, -0.2) is 23.9 Å². The number of hydrogen-bond acceptors (Lipinski definition) is 3. The highest BCUT2D eigenvalue weighted by atomic mass is 79.9. The summed E-state index contributed by atoms with van der Waals surface area (Å²) in [4.78, 5) is 6.69. The Kier molecular flexibility index (Phi) is 3.06. The highest BCUT2D eigenvalue weighted by Crippen LogP contribution is 2.35. The minimum absolute atomic E-state index is 0.322. The molecule has 1 aromatic rings. The molecule has 1 fully saturated rings. The first-order valence-electron chi connectivity index (χ1n) is 6.48. The van der Waals surface area contributed by atoms with E-state index in [1.807, 2.05) is 0 Å². The van der Waals surface area contributed by atoms with Crippen molar-refractivity contribution >= 4 is 21.9 Å². The molecule has 0 bridgehead atoms. The van der Waals surface area contributed by atoms with Crippen LogP contribution < -0.4 is 5.73 Å². The lowest BCUT2D eigenvalue weighted by Crippen LogP contribution is -2.37. The quantitative estimate of drug-likeness (QED) is 0.933. The lowest BCUT2D eigenvalue weighted by Gasteiger charge is -2.26. The Labute approximate surface area is 116 Å². The van der Waals surface area contributed by atoms with Crippen molar-refractivity contribution < 1.29 is 0 Å². The smallest absolute Gasteiger partial charge is 0.191 e. The zero-order valence-electron chi connectivity index (χ0n) is 10.6. The second kappa shape index (κ2) is 4.57. The summed E-state index contributed by atoms with van der Waals surface area (Å²) >= 11 is 3.60. The van der Waals surface area contributed by atoms with Crippen molar-refractivity contribution in [2.45, 2.75) is 25.8 Å². The summed E-state index contributed by atoms with van der Waals surface area (Å²) in [5.41, 5.74) is 8.58. The SMILES string of the molecule is Cc1ccc(C2CN=C(N)N2CC2CC2)cc1Br. The molecule has 18 heavy (non-hydrogen) atoms. The molecule has 0 radical (unpaired) electrons. The average Bonchev–Trinajstić information content (AvgIpc) is 3.09. The highest BCUT2D eigenvalue weighted by molar-refractivity contribution is 9.10. The fourth-order valence-corrected chi connectivity index (χ4v) is 2.83. The van der Waals surface area contributed by atoms with Crippen LogP contribution in [0, 0.1) is 12.8 Å². The molecule has 1 aliphatic heterocycles. The van der Waals surface area contributed by atoms with Crippen molar-refractivity contribution in [2.75, 3.05) is 13.1 Å². The molecule has 2 aliphatic rings. The fraction of sp³-hybridized carbons (Fsp3) is 0.500. The summed E-state index contributed by atoms with van der Waals surface area (Å²) < 4.78 is 1.16. The summed E-state index contributed by atoms with van der Waals surface area (Å²) in [6.07, 6.45) is 2.68. The molecule has 2 N–H and O–H groups in total. The molecule has 0 amide bonds. The van der Waals surface area contributed by atoms with E-state index in [2.05, 4.69) is 50.9 Å². The molecule has 1 aromatic carbocycles. The number of aryl methyl sites for hydroxylation is 1. The van der Waals surface area contributed by atoms with E-state index in [0.717, 1.165) is 23.5 Å². The summed E-state index contributed by atoms with van der Waals surface area (Å²) in [6, 6.07) is 6.87. The van der Waals surface area contributed by atoms with Crippen molar-refractivity contribution in [2.24, 2.45) is 16.6 Å². The monoisotopic (exact) mass is 307 g/mol. The van der Waals surface area contributed by atoms with Gasteiger partial charge in [-0.3, -0.25) is 4.99 Å². The average molecular weight is 308 g/mol. The van der Waals surface area contributed by atoms with Gasteiger partial charge < -0.3 is 10.6 Å². The summed E-state index contributed by atoms with van der Waals surface area (Å²) in [5.74, 6) is 1.54. The van der Waals surface area contributed by atoms with Crippen molar-refractivity contribution in [3.63, 3.8) is 0 Å². The number of guanidine groups is 1. The number of nitrogens with two attached hydrogens (primary N) is 1. The number of nitrogens with zero attached hydrogens (tertiary/aromatic N) is 2. The van der Waals surface area contributed by atoms with E-state index in [-0.39, 0.29) is 0 Å². The molecule has 4 heteroatoms. The highest BCUT2D eigenvalue weighted by Gasteiger charge is 2.33. The van der Waals surface area contributed by atoms with Crippen LogP contribution >= 0.6 is 15.9 Å². The van der Waals surface area contributed by atoms with Crippen LogP contribution in [0.15, 0.2) is 27.7 Å². The predicted molar refractivity (Wildman–Crippen MR) is 77.5 cm³/mol. The van der Waals surface area contributed by atoms with Gasteiger partial charge in [-0.05, 0) is 42.9 Å². The third-order valence-electron chi connectivity index (χ3n) is 3.83. The van der Waals surface area contributed by atoms with Crippen molar-refractivity contribution in [1.82, 2.24) is 4.90 Å². The Bertz CT molecular complexity index is 494. The van der Waals surface area contributed by atoms with Gasteiger partial charge in [-0.25, -0.2) is 0 Å². The first-order valence-corrected chi connectivity index (χ1v) is 7.27. The predicted octanol–water partition coefficient (Wildman–Crippen LogP) is 2.84. The number of halogens is 1. The van der Waals surface area contributed by atoms with Gasteiger partial charge in [-0.15, -0.1) is 0 Å². The van der Waals surface area contributed by atoms with Gasteiger partial charge in [0.2, 0.25) is 0 Å². The topological polar surface area (TPSA) is 41.6 Å². The maximum absolute atomic E-state index is 6.01. The maximum atomic E-state index is 6.01. The van der Waals surface area contributed by atoms with E-state index >= 15 is 0 Å². The Morgan fingerprint density at radius 3 is 2.89 bits per heavy atom.